The van der Waals surface area contributed by atoms with Crippen molar-refractivity contribution in [1.29, 1.82) is 0 Å². The van der Waals surface area contributed by atoms with Crippen LogP contribution in [0.15, 0.2) is 61.1 Å². The number of hydrogen-bond acceptors (Lipinski definition) is 5. The van der Waals surface area contributed by atoms with Crippen molar-refractivity contribution < 1.29 is 4.79 Å². The summed E-state index contributed by atoms with van der Waals surface area (Å²) in [6, 6.07) is 11.7. The van der Waals surface area contributed by atoms with E-state index in [0.717, 1.165) is 49.7 Å². The third-order valence-corrected chi connectivity index (χ3v) is 5.36. The van der Waals surface area contributed by atoms with Crippen LogP contribution < -0.4 is 5.32 Å². The molecule has 1 saturated heterocycles. The Morgan fingerprint density at radius 1 is 1.17 bits per heavy atom. The second-order valence-corrected chi connectivity index (χ2v) is 7.60. The summed E-state index contributed by atoms with van der Waals surface area (Å²) in [5.41, 5.74) is 2.13. The second kappa shape index (κ2) is 9.35. The second-order valence-electron chi connectivity index (χ2n) is 7.60. The average Bonchev–Trinajstić information content (AvgIpc) is 3.18. The number of nitrogens with one attached hydrogen (secondary N) is 1. The Bertz CT molecular complexity index is 1010. The van der Waals surface area contributed by atoms with Gasteiger partial charge in [-0.3, -0.25) is 9.48 Å². The number of likely N-dealkylation sites (tertiary alicyclic amines) is 1. The van der Waals surface area contributed by atoms with Gasteiger partial charge in [-0.1, -0.05) is 6.07 Å². The lowest BCUT2D eigenvalue weighted by Crippen LogP contribution is -2.39. The van der Waals surface area contributed by atoms with Gasteiger partial charge in [0.25, 0.3) is 0 Å². The quantitative estimate of drug-likeness (QED) is 0.639. The third-order valence-electron chi connectivity index (χ3n) is 5.36. The van der Waals surface area contributed by atoms with E-state index < -0.39 is 0 Å². The Kier molecular flexibility index (Phi) is 6.17. The molecule has 1 amide bonds. The number of hydrogen-bond donors (Lipinski definition) is 1. The molecular formula is C23H26N6O. The average molecular weight is 403 g/mol. The van der Waals surface area contributed by atoms with E-state index in [1.807, 2.05) is 54.6 Å². The minimum absolute atomic E-state index is 0.0631. The number of carbonyl (C=O) groups excluding carboxylic acids is 1. The molecule has 1 N–H and O–H groups in total. The van der Waals surface area contributed by atoms with Gasteiger partial charge in [-0.15, -0.1) is 0 Å². The molecule has 1 aliphatic rings. The van der Waals surface area contributed by atoms with Crippen LogP contribution in [0.1, 0.15) is 24.1 Å². The summed E-state index contributed by atoms with van der Waals surface area (Å²) in [5.74, 6) is 2.07. The van der Waals surface area contributed by atoms with Crippen molar-refractivity contribution >= 4 is 23.6 Å². The molecule has 3 aromatic rings. The van der Waals surface area contributed by atoms with Gasteiger partial charge in [0.05, 0.1) is 5.69 Å². The lowest BCUT2D eigenvalue weighted by atomic mass is 9.91. The Morgan fingerprint density at radius 2 is 2.07 bits per heavy atom. The zero-order chi connectivity index (χ0) is 20.8. The lowest BCUT2D eigenvalue weighted by Gasteiger charge is -2.32. The molecule has 30 heavy (non-hydrogen) atoms. The molecule has 0 saturated carbocycles. The van der Waals surface area contributed by atoms with Gasteiger partial charge in [-0.05, 0) is 67.2 Å². The zero-order valence-corrected chi connectivity index (χ0v) is 17.1. The molecule has 0 aromatic carbocycles. The zero-order valence-electron chi connectivity index (χ0n) is 17.1. The summed E-state index contributed by atoms with van der Waals surface area (Å²) >= 11 is 0. The monoisotopic (exact) mass is 402 g/mol. The van der Waals surface area contributed by atoms with Gasteiger partial charge in [0.1, 0.15) is 11.6 Å². The van der Waals surface area contributed by atoms with Crippen LogP contribution in [0.3, 0.4) is 0 Å². The first-order chi connectivity index (χ1) is 14.7. The van der Waals surface area contributed by atoms with Crippen LogP contribution >= 0.6 is 0 Å². The highest BCUT2D eigenvalue weighted by atomic mass is 16.2. The molecule has 1 aliphatic heterocycles. The molecule has 0 unspecified atom stereocenters. The Hall–Kier alpha value is -3.48. The van der Waals surface area contributed by atoms with Crippen LogP contribution in [0.25, 0.3) is 6.08 Å². The number of anilines is 2. The Morgan fingerprint density at radius 3 is 2.87 bits per heavy atom. The normalized spacial score (nSPS) is 16.7. The predicted molar refractivity (Wildman–Crippen MR) is 117 cm³/mol. The van der Waals surface area contributed by atoms with Crippen molar-refractivity contribution in [3.63, 3.8) is 0 Å². The van der Waals surface area contributed by atoms with Gasteiger partial charge in [0.2, 0.25) is 5.91 Å². The van der Waals surface area contributed by atoms with Crippen LogP contribution in [-0.4, -0.2) is 43.6 Å². The summed E-state index contributed by atoms with van der Waals surface area (Å²) in [6.45, 7) is 1.59. The van der Waals surface area contributed by atoms with E-state index >= 15 is 0 Å². The van der Waals surface area contributed by atoms with E-state index in [1.165, 1.54) is 5.56 Å². The van der Waals surface area contributed by atoms with E-state index in [2.05, 4.69) is 26.4 Å². The summed E-state index contributed by atoms with van der Waals surface area (Å²) in [4.78, 5) is 23.3. The first kappa shape index (κ1) is 19.8. The molecule has 0 aliphatic carbocycles. The fourth-order valence-corrected chi connectivity index (χ4v) is 3.81. The summed E-state index contributed by atoms with van der Waals surface area (Å²) in [7, 11) is 1.87. The molecule has 0 bridgehead atoms. The maximum atomic E-state index is 12.6. The highest BCUT2D eigenvalue weighted by Crippen LogP contribution is 2.23. The van der Waals surface area contributed by atoms with Crippen LogP contribution in [0.5, 0.6) is 0 Å². The summed E-state index contributed by atoms with van der Waals surface area (Å²) in [6.07, 6.45) is 11.9. The predicted octanol–water partition coefficient (Wildman–Crippen LogP) is 3.45. The fourth-order valence-electron chi connectivity index (χ4n) is 3.81. The molecule has 1 fully saturated rings. The number of rotatable bonds is 6. The topological polar surface area (TPSA) is 75.9 Å². The van der Waals surface area contributed by atoms with E-state index in [-0.39, 0.29) is 5.91 Å². The van der Waals surface area contributed by atoms with Crippen LogP contribution in [0, 0.1) is 5.92 Å². The molecule has 154 valence electrons. The molecule has 4 rings (SSSR count). The first-order valence-electron chi connectivity index (χ1n) is 10.3. The number of pyridine rings is 2. The highest BCUT2D eigenvalue weighted by molar-refractivity contribution is 5.91. The van der Waals surface area contributed by atoms with Crippen LogP contribution in [0.4, 0.5) is 11.6 Å². The molecule has 0 spiro atoms. The highest BCUT2D eigenvalue weighted by Gasteiger charge is 2.22. The van der Waals surface area contributed by atoms with Crippen molar-refractivity contribution in [2.75, 3.05) is 18.4 Å². The van der Waals surface area contributed by atoms with E-state index in [4.69, 9.17) is 0 Å². The van der Waals surface area contributed by atoms with Crippen molar-refractivity contribution in [2.45, 2.75) is 19.3 Å². The Labute approximate surface area is 176 Å². The third kappa shape index (κ3) is 5.11. The number of aryl methyl sites for hydroxylation is 1. The number of carbonyl (C=O) groups is 1. The van der Waals surface area contributed by atoms with Gasteiger partial charge in [0.15, 0.2) is 0 Å². The number of nitrogens with zero attached hydrogens (tertiary/aromatic N) is 5. The first-order valence-corrected chi connectivity index (χ1v) is 10.3. The van der Waals surface area contributed by atoms with Gasteiger partial charge in [0, 0.05) is 44.8 Å². The SMILES string of the molecule is Cn1nccc1/C=C/C(=O)N1CCC[C@H](Cc2ccnc(Nc3ccccn3)c2)C1. The number of aromatic nitrogens is 4. The minimum atomic E-state index is 0.0631. The standard InChI is InChI=1S/C23H26N6O/c1-28-20(10-13-26-28)7-8-23(30)29-14-4-5-19(17-29)15-18-9-12-25-22(16-18)27-21-6-2-3-11-24-21/h2-3,6-13,16,19H,4-5,14-15,17H2,1H3,(H,24,25,27)/b8-7+/t19-/m1/s1. The Balaban J connectivity index is 1.36. The van der Waals surface area contributed by atoms with Crippen LogP contribution in [0.2, 0.25) is 0 Å². The van der Waals surface area contributed by atoms with Gasteiger partial charge in [-0.2, -0.15) is 5.10 Å². The summed E-state index contributed by atoms with van der Waals surface area (Å²) < 4.78 is 1.75. The largest absolute Gasteiger partial charge is 0.339 e. The van der Waals surface area contributed by atoms with Crippen molar-refractivity contribution in [3.05, 3.63) is 72.3 Å². The van der Waals surface area contributed by atoms with E-state index in [1.54, 1.807) is 23.2 Å². The van der Waals surface area contributed by atoms with Gasteiger partial charge in [-0.25, -0.2) is 9.97 Å². The van der Waals surface area contributed by atoms with E-state index in [0.29, 0.717) is 5.92 Å². The van der Waals surface area contributed by atoms with Crippen molar-refractivity contribution in [1.82, 2.24) is 24.6 Å². The maximum absolute atomic E-state index is 12.6. The molecule has 3 aromatic heterocycles. The minimum Gasteiger partial charge on any atom is -0.339 e. The maximum Gasteiger partial charge on any atom is 0.246 e. The number of amides is 1. The summed E-state index contributed by atoms with van der Waals surface area (Å²) in [5, 5.41) is 7.37. The lowest BCUT2D eigenvalue weighted by molar-refractivity contribution is -0.127. The smallest absolute Gasteiger partial charge is 0.246 e. The van der Waals surface area contributed by atoms with E-state index in [9.17, 15) is 4.79 Å². The van der Waals surface area contributed by atoms with Gasteiger partial charge >= 0.3 is 0 Å². The molecule has 7 heteroatoms. The molecular weight excluding hydrogens is 376 g/mol. The van der Waals surface area contributed by atoms with Crippen molar-refractivity contribution in [2.24, 2.45) is 13.0 Å². The molecule has 1 atom stereocenters. The number of piperidine rings is 1. The molecule has 0 radical (unpaired) electrons. The molecule has 4 heterocycles. The fraction of sp³-hybridized carbons (Fsp3) is 0.304. The molecule has 7 nitrogen and oxygen atoms in total. The van der Waals surface area contributed by atoms with Crippen molar-refractivity contribution in [3.8, 4) is 0 Å². The van der Waals surface area contributed by atoms with Crippen LogP contribution in [-0.2, 0) is 18.3 Å². The van der Waals surface area contributed by atoms with Gasteiger partial charge < -0.3 is 10.2 Å².